The Balaban J connectivity index is 0. The Morgan fingerprint density at radius 1 is 0.333 bits per heavy atom. The van der Waals surface area contributed by atoms with Gasteiger partial charge in [-0.1, -0.05) is 0 Å². The van der Waals surface area contributed by atoms with Crippen molar-refractivity contribution in [2.45, 2.75) is 0 Å². The number of hydrogen-bond acceptors (Lipinski definition) is 2. The van der Waals surface area contributed by atoms with Crippen molar-refractivity contribution in [1.82, 2.24) is 0 Å². The van der Waals surface area contributed by atoms with Crippen LogP contribution in [-0.4, -0.2) is 66.9 Å². The van der Waals surface area contributed by atoms with Gasteiger partial charge in [-0.15, -0.1) is 0 Å². The summed E-state index contributed by atoms with van der Waals surface area (Å²) in [5.41, 5.74) is 0. The van der Waals surface area contributed by atoms with Crippen molar-refractivity contribution in [3.05, 3.63) is 0 Å². The molecule has 9 heavy (non-hydrogen) atoms. The van der Waals surface area contributed by atoms with Crippen LogP contribution >= 0.6 is 0 Å². The predicted octanol–water partition coefficient (Wildman–Crippen LogP) is -5.68. The summed E-state index contributed by atoms with van der Waals surface area (Å²) in [6, 6.07) is 0. The second-order valence-corrected chi connectivity index (χ2v) is 0. The fourth-order valence-electron chi connectivity index (χ4n) is 0. The van der Waals surface area contributed by atoms with Gasteiger partial charge >= 0.3 is 23.1 Å². The molecule has 9 heteroatoms. The van der Waals surface area contributed by atoms with E-state index in [1.54, 1.807) is 0 Å². The Bertz CT molecular complexity index is 4.53. The third-order valence-corrected chi connectivity index (χ3v) is 0. The molecule has 0 fully saturated rings. The topological polar surface area (TPSA) is 249 Å². The molecule has 0 aliphatic heterocycles. The van der Waals surface area contributed by atoms with Gasteiger partial charge in [0.05, 0.1) is 0 Å². The molecule has 0 heterocycles. The van der Waals surface area contributed by atoms with Crippen molar-refractivity contribution < 1.29 is 43.8 Å². The molecule has 0 aromatic heterocycles. The molecule has 0 unspecified atom stereocenters. The van der Waals surface area contributed by atoms with Gasteiger partial charge in [0.2, 0.25) is 0 Å². The molecule has 0 saturated carbocycles. The van der Waals surface area contributed by atoms with Gasteiger partial charge < -0.3 is 43.8 Å². The molecule has 0 aromatic carbocycles. The summed E-state index contributed by atoms with van der Waals surface area (Å²) in [5, 5.41) is 0. The minimum Gasteiger partial charge on any atom is -0.870 e. The molecular weight excluding hydrogens is 152 g/mol. The molecule has 0 saturated heterocycles. The third kappa shape index (κ3) is 1760. The molecule has 0 rings (SSSR count). The molecule has 0 bridgehead atoms. The van der Waals surface area contributed by atoms with Crippen LogP contribution in [0.5, 0.6) is 0 Å². The van der Waals surface area contributed by atoms with E-state index in [4.69, 9.17) is 0 Å². The molecule has 0 aromatic rings. The first-order chi connectivity index (χ1) is 0. The van der Waals surface area contributed by atoms with Crippen LogP contribution in [-0.2, 0) is 0 Å². The van der Waals surface area contributed by atoms with Crippen LogP contribution in [0.15, 0.2) is 0 Å². The summed E-state index contributed by atoms with van der Waals surface area (Å²) in [5.74, 6) is 0. The van der Waals surface area contributed by atoms with Crippen molar-refractivity contribution in [3.8, 4) is 0 Å². The van der Waals surface area contributed by atoms with Crippen molar-refractivity contribution in [3.63, 3.8) is 0 Å². The van der Waals surface area contributed by atoms with Crippen molar-refractivity contribution in [2.75, 3.05) is 0 Å². The standard InChI is InChI=1S/Mg.8H2O/h;8*1H2/q+2;;;;;;;;/p-2. The molecule has 8 nitrogen and oxygen atoms in total. The fourth-order valence-corrected chi connectivity index (χ4v) is 0. The minimum atomic E-state index is 0. The van der Waals surface area contributed by atoms with Crippen LogP contribution < -0.4 is 0 Å². The van der Waals surface area contributed by atoms with Crippen molar-refractivity contribution >= 4 is 23.1 Å². The number of rotatable bonds is 0. The van der Waals surface area contributed by atoms with Crippen molar-refractivity contribution in [2.24, 2.45) is 0 Å². The summed E-state index contributed by atoms with van der Waals surface area (Å²) in [6.07, 6.45) is 0. The summed E-state index contributed by atoms with van der Waals surface area (Å²) in [6.45, 7) is 0. The van der Waals surface area contributed by atoms with E-state index >= 15 is 0 Å². The molecule has 0 aliphatic rings. The van der Waals surface area contributed by atoms with Gasteiger partial charge in [0.1, 0.15) is 0 Å². The van der Waals surface area contributed by atoms with E-state index in [-0.39, 0.29) is 66.9 Å². The predicted molar refractivity (Wildman–Crippen MR) is 31.3 cm³/mol. The number of hydrogen-bond donors (Lipinski definition) is 0. The van der Waals surface area contributed by atoms with Gasteiger partial charge in [0.15, 0.2) is 0 Å². The Morgan fingerprint density at radius 3 is 0.333 bits per heavy atom. The van der Waals surface area contributed by atoms with Crippen molar-refractivity contribution in [1.29, 1.82) is 0 Å². The Labute approximate surface area is 67.5 Å². The van der Waals surface area contributed by atoms with Crippen LogP contribution in [0.3, 0.4) is 0 Å². The first-order valence-electron chi connectivity index (χ1n) is 0. The SMILES string of the molecule is O.O.O.O.O.O.[Mg+2].[OH-].[OH-]. The minimum absolute atomic E-state index is 0. The monoisotopic (exact) mass is 166 g/mol. The largest absolute Gasteiger partial charge is 2.00 e. The van der Waals surface area contributed by atoms with Crippen LogP contribution in [0, 0.1) is 0 Å². The molecule has 14 N–H and O–H groups in total. The smallest absolute Gasteiger partial charge is 0.870 e. The normalized spacial score (nSPS) is 0. The zero-order valence-electron chi connectivity index (χ0n) is 4.60. The van der Waals surface area contributed by atoms with Gasteiger partial charge in [-0.05, 0) is 0 Å². The maximum atomic E-state index is 0. The molecule has 0 radical (unpaired) electrons. The van der Waals surface area contributed by atoms with Crippen LogP contribution in [0.1, 0.15) is 0 Å². The van der Waals surface area contributed by atoms with Crippen LogP contribution in [0.2, 0.25) is 0 Å². The van der Waals surface area contributed by atoms with E-state index < -0.39 is 0 Å². The van der Waals surface area contributed by atoms with Crippen LogP contribution in [0.4, 0.5) is 0 Å². The van der Waals surface area contributed by atoms with Gasteiger partial charge in [-0.3, -0.25) is 0 Å². The Morgan fingerprint density at radius 2 is 0.333 bits per heavy atom. The zero-order valence-corrected chi connectivity index (χ0v) is 6.02. The first kappa shape index (κ1) is 3380. The molecular formula is H14MgO8. The fraction of sp³-hybridized carbons (Fsp3) is 0. The van der Waals surface area contributed by atoms with E-state index in [0.717, 1.165) is 0 Å². The molecule has 0 amide bonds. The average molecular weight is 166 g/mol. The Hall–Kier alpha value is 0.446. The van der Waals surface area contributed by atoms with E-state index in [1.807, 2.05) is 0 Å². The summed E-state index contributed by atoms with van der Waals surface area (Å²) in [4.78, 5) is 0. The summed E-state index contributed by atoms with van der Waals surface area (Å²) in [7, 11) is 0. The molecule has 0 aliphatic carbocycles. The molecule has 0 atom stereocenters. The quantitative estimate of drug-likeness (QED) is 0.319. The van der Waals surface area contributed by atoms with Crippen LogP contribution in [0.25, 0.3) is 0 Å². The maximum Gasteiger partial charge on any atom is 2.00 e. The second-order valence-electron chi connectivity index (χ2n) is 0. The summed E-state index contributed by atoms with van der Waals surface area (Å²) >= 11 is 0. The molecule has 64 valence electrons. The zero-order chi connectivity index (χ0) is 0. The van der Waals surface area contributed by atoms with Gasteiger partial charge in [-0.2, -0.15) is 0 Å². The second kappa shape index (κ2) is 2350. The van der Waals surface area contributed by atoms with Gasteiger partial charge in [0.25, 0.3) is 0 Å². The third-order valence-electron chi connectivity index (χ3n) is 0. The van der Waals surface area contributed by atoms with E-state index in [9.17, 15) is 0 Å². The molecule has 0 spiro atoms. The van der Waals surface area contributed by atoms with Gasteiger partial charge in [-0.25, -0.2) is 0 Å². The first-order valence-corrected chi connectivity index (χ1v) is 0. The maximum absolute atomic E-state index is 0. The van der Waals surface area contributed by atoms with E-state index in [0.29, 0.717) is 0 Å². The van der Waals surface area contributed by atoms with E-state index in [2.05, 4.69) is 0 Å². The van der Waals surface area contributed by atoms with E-state index in [1.165, 1.54) is 0 Å². The summed E-state index contributed by atoms with van der Waals surface area (Å²) < 4.78 is 0. The average Bonchev–Trinajstić information content (AvgIpc) is 0. The Kier molecular flexibility index (Phi) is 884000. The van der Waals surface area contributed by atoms with Gasteiger partial charge in [0, 0.05) is 0 Å².